The standard InChI is InChI=1S/C22H24N6O4S.C13H17N3S.C9H9N3O5.CH3F/c1-11-3-5-16(12-4-6-17-15(7-12)27-22(24)33-17)28(10-11)21(31)19(30)26-13-8-14(18(23)29)20(32-2)25-9-13;1-8-2-4-10(15-7-8)9-3-5-12-11(6-9)16-13(14)17-12;1-17-8-5(6(10)13)2-4(3-11-8)12-7(14)9(15)16;1-2/h4,6-9,11,16H,3,5,10H2,1-2H3,(H2,23,29)(H2,24,27)(H,26,30);3,5-6,8,10,15H,2,4,7H2,1H3,(H2,14,16);2-3H,1H3,(H2,10,13)(H,12,14)(H,15,16);1H3/t11-,16+;8-,10+;;/m10../s1/i;;;1D. The number of rotatable bonds is 8. The number of nitrogens with two attached hydrogens (primary N) is 4. The highest BCUT2D eigenvalue weighted by Crippen LogP contribution is 2.36. The maximum Gasteiger partial charge on any atom is 0.394 e. The number of likely N-dealkylation sites (tertiary alicyclic amines) is 1. The quantitative estimate of drug-likeness (QED) is 0.0924. The molecule has 8 rings (SSSR count). The van der Waals surface area contributed by atoms with Gasteiger partial charge in [0.15, 0.2) is 10.3 Å². The summed E-state index contributed by atoms with van der Waals surface area (Å²) in [4.78, 5) is 87.8. The SMILES string of the molecule is COc1ncc(NC(=O)C(=O)N2C[C@H](C)CC[C@H]2c2ccc3sc(N)nc3c2)cc1C(N)=O.COc1ncc(NC(=O)C(=O)O)cc1C(N)=O.C[C@H]1CC[C@H](c2ccc3sc(N)nc3c2)NC1.[2H]CF. The molecule has 0 saturated carbocycles. The van der Waals surface area contributed by atoms with Crippen LogP contribution in [0.4, 0.5) is 26.0 Å². The molecule has 0 spiro atoms. The molecular formula is C45H53FN12O9S2. The van der Waals surface area contributed by atoms with Crippen LogP contribution in [0.15, 0.2) is 60.9 Å². The molecule has 2 fully saturated rings. The number of nitrogens with zero attached hydrogens (tertiary/aromatic N) is 5. The van der Waals surface area contributed by atoms with Gasteiger partial charge >= 0.3 is 23.7 Å². The number of fused-ring (bicyclic) bond motifs is 2. The lowest BCUT2D eigenvalue weighted by molar-refractivity contribution is -0.147. The number of pyridine rings is 2. The van der Waals surface area contributed by atoms with Gasteiger partial charge in [0, 0.05) is 12.6 Å². The van der Waals surface area contributed by atoms with Crippen molar-refractivity contribution in [2.24, 2.45) is 23.3 Å². The summed E-state index contributed by atoms with van der Waals surface area (Å²) in [6.07, 6.45) is 6.61. The molecule has 0 unspecified atom stereocenters. The minimum atomic E-state index is -1.65. The summed E-state index contributed by atoms with van der Waals surface area (Å²) in [6, 6.07) is 15.1. The number of aromatic nitrogens is 4. The van der Waals surface area contributed by atoms with Crippen LogP contribution in [0.2, 0.25) is 0 Å². The Bertz CT molecular complexity index is 2860. The Morgan fingerprint density at radius 1 is 0.768 bits per heavy atom. The van der Waals surface area contributed by atoms with E-state index in [2.05, 4.69) is 55.7 Å². The molecule has 6 heterocycles. The van der Waals surface area contributed by atoms with Crippen molar-refractivity contribution in [3.05, 3.63) is 83.2 Å². The summed E-state index contributed by atoms with van der Waals surface area (Å²) in [5.41, 5.74) is 26.2. The number of primary amides is 2. The first kappa shape index (κ1) is 50.8. The number of benzene rings is 2. The van der Waals surface area contributed by atoms with Gasteiger partial charge in [0.25, 0.3) is 11.8 Å². The van der Waals surface area contributed by atoms with Crippen molar-refractivity contribution < 1.29 is 49.1 Å². The van der Waals surface area contributed by atoms with Gasteiger partial charge in [0.05, 0.1) is 73.0 Å². The maximum atomic E-state index is 13.2. The van der Waals surface area contributed by atoms with Crippen LogP contribution in [0, 0.1) is 11.8 Å². The second-order valence-corrected chi connectivity index (χ2v) is 18.0. The van der Waals surface area contributed by atoms with Gasteiger partial charge in [-0.2, -0.15) is 0 Å². The number of thiazole rings is 2. The van der Waals surface area contributed by atoms with Crippen molar-refractivity contribution in [3.63, 3.8) is 0 Å². The predicted octanol–water partition coefficient (Wildman–Crippen LogP) is 5.06. The number of ether oxygens (including phenoxy) is 2. The minimum absolute atomic E-state index is 0.00283. The van der Waals surface area contributed by atoms with E-state index in [0.29, 0.717) is 22.8 Å². The number of methoxy groups -OCH3 is 2. The summed E-state index contributed by atoms with van der Waals surface area (Å²) >= 11 is 2.96. The van der Waals surface area contributed by atoms with E-state index in [1.54, 1.807) is 16.2 Å². The number of carboxylic acid groups (broad SMARTS) is 1. The molecule has 5 amide bonds. The van der Waals surface area contributed by atoms with Crippen molar-refractivity contribution >= 4 is 100 Å². The maximum absolute atomic E-state index is 13.2. The van der Waals surface area contributed by atoms with Gasteiger partial charge in [0.2, 0.25) is 11.8 Å². The molecule has 2 aliphatic rings. The fourth-order valence-corrected chi connectivity index (χ4v) is 9.00. The van der Waals surface area contributed by atoms with E-state index in [9.17, 15) is 33.2 Å². The Morgan fingerprint density at radius 2 is 1.26 bits per heavy atom. The first-order valence-corrected chi connectivity index (χ1v) is 22.7. The van der Waals surface area contributed by atoms with Crippen LogP contribution >= 0.6 is 22.7 Å². The number of nitrogen functional groups attached to an aromatic ring is 2. The van der Waals surface area contributed by atoms with Crippen LogP contribution in [0.3, 0.4) is 0 Å². The van der Waals surface area contributed by atoms with Crippen LogP contribution in [0.1, 0.15) is 84.8 Å². The highest BCUT2D eigenvalue weighted by atomic mass is 32.1. The van der Waals surface area contributed by atoms with E-state index >= 15 is 0 Å². The second kappa shape index (κ2) is 23.9. The summed E-state index contributed by atoms with van der Waals surface area (Å²) in [7, 11) is 1.65. The summed E-state index contributed by atoms with van der Waals surface area (Å²) in [5, 5.41) is 17.7. The third-order valence-electron chi connectivity index (χ3n) is 10.9. The van der Waals surface area contributed by atoms with Crippen LogP contribution in [-0.2, 0) is 19.2 Å². The topological polar surface area (TPSA) is 336 Å². The van der Waals surface area contributed by atoms with Gasteiger partial charge in [-0.05, 0) is 91.6 Å². The fraction of sp³-hybridized carbons (Fsp3) is 0.333. The van der Waals surface area contributed by atoms with Crippen molar-refractivity contribution in [3.8, 4) is 11.8 Å². The number of halogens is 1. The Kier molecular flexibility index (Phi) is 17.6. The predicted molar refractivity (Wildman–Crippen MR) is 261 cm³/mol. The number of carboxylic acids is 1. The number of carbonyl (C=O) groups is 6. The zero-order valence-corrected chi connectivity index (χ0v) is 39.6. The Labute approximate surface area is 404 Å². The zero-order valence-electron chi connectivity index (χ0n) is 39.0. The Balaban J connectivity index is 0.000000207. The first-order valence-electron chi connectivity index (χ1n) is 21.8. The molecule has 6 aromatic rings. The number of hydrogen-bond donors (Lipinski definition) is 8. The molecule has 2 saturated heterocycles. The van der Waals surface area contributed by atoms with E-state index < -0.39 is 42.7 Å². The Morgan fingerprint density at radius 3 is 1.74 bits per heavy atom. The van der Waals surface area contributed by atoms with Gasteiger partial charge in [-0.15, -0.1) is 0 Å². The molecule has 0 bridgehead atoms. The molecule has 0 aliphatic carbocycles. The van der Waals surface area contributed by atoms with Gasteiger partial charge in [-0.1, -0.05) is 48.7 Å². The third-order valence-corrected chi connectivity index (χ3v) is 12.6. The average molecular weight is 990 g/mol. The number of piperidine rings is 2. The first-order chi connectivity index (χ1) is 33.3. The third kappa shape index (κ3) is 13.5. The number of anilines is 4. The monoisotopic (exact) mass is 989 g/mol. The minimum Gasteiger partial charge on any atom is -0.480 e. The number of aliphatic carboxylic acids is 1. The number of alkyl halides is 1. The zero-order chi connectivity index (χ0) is 51.2. The molecule has 21 nitrogen and oxygen atoms in total. The average Bonchev–Trinajstić information content (AvgIpc) is 3.91. The van der Waals surface area contributed by atoms with E-state index in [0.717, 1.165) is 52.8 Å². The molecule has 366 valence electrons. The highest BCUT2D eigenvalue weighted by Gasteiger charge is 2.35. The molecule has 4 aromatic heterocycles. The summed E-state index contributed by atoms with van der Waals surface area (Å²) in [6.45, 7) is 5.91. The fourth-order valence-electron chi connectivity index (χ4n) is 7.57. The highest BCUT2D eigenvalue weighted by molar-refractivity contribution is 7.22. The van der Waals surface area contributed by atoms with Crippen molar-refractivity contribution in [2.45, 2.75) is 51.6 Å². The van der Waals surface area contributed by atoms with E-state index in [-0.39, 0.29) is 46.2 Å². The van der Waals surface area contributed by atoms with Crippen molar-refractivity contribution in [2.75, 3.05) is 56.6 Å². The lowest BCUT2D eigenvalue weighted by atomic mass is 9.89. The van der Waals surface area contributed by atoms with Gasteiger partial charge < -0.3 is 58.4 Å². The Hall–Kier alpha value is -7.57. The van der Waals surface area contributed by atoms with Crippen LogP contribution in [-0.4, -0.2) is 99.9 Å². The molecule has 24 heteroatoms. The molecule has 2 aliphatic heterocycles. The largest absolute Gasteiger partial charge is 0.480 e. The van der Waals surface area contributed by atoms with E-state index in [1.165, 1.54) is 67.0 Å². The molecular weight excluding hydrogens is 936 g/mol. The van der Waals surface area contributed by atoms with Crippen molar-refractivity contribution in [1.82, 2.24) is 30.2 Å². The lowest BCUT2D eigenvalue weighted by Crippen LogP contribution is -2.46. The van der Waals surface area contributed by atoms with Gasteiger partial charge in [0.1, 0.15) is 11.1 Å². The van der Waals surface area contributed by atoms with Crippen LogP contribution in [0.25, 0.3) is 20.4 Å². The van der Waals surface area contributed by atoms with Crippen LogP contribution < -0.4 is 48.4 Å². The number of nitrogens with one attached hydrogen (secondary N) is 3. The van der Waals surface area contributed by atoms with E-state index in [1.807, 2.05) is 30.4 Å². The van der Waals surface area contributed by atoms with E-state index in [4.69, 9.17) is 38.9 Å². The second-order valence-electron chi connectivity index (χ2n) is 15.9. The number of hydrogen-bond acceptors (Lipinski definition) is 17. The molecule has 69 heavy (non-hydrogen) atoms. The number of amides is 5. The molecule has 12 N–H and O–H groups in total. The molecule has 0 radical (unpaired) electrons. The van der Waals surface area contributed by atoms with Crippen molar-refractivity contribution in [1.29, 1.82) is 0 Å². The van der Waals surface area contributed by atoms with Gasteiger partial charge in [-0.3, -0.25) is 28.4 Å². The smallest absolute Gasteiger partial charge is 0.394 e. The molecule has 2 aromatic carbocycles. The molecule has 4 atom stereocenters. The normalized spacial score (nSPS) is 17.5. The number of carbonyl (C=O) groups excluding carboxylic acids is 5. The summed E-state index contributed by atoms with van der Waals surface area (Å²) < 4.78 is 27.4. The summed E-state index contributed by atoms with van der Waals surface area (Å²) in [5.74, 6) is -4.87. The lowest BCUT2D eigenvalue weighted by Gasteiger charge is -2.38. The van der Waals surface area contributed by atoms with Crippen LogP contribution in [0.5, 0.6) is 11.8 Å². The van der Waals surface area contributed by atoms with Gasteiger partial charge in [-0.25, -0.2) is 24.7 Å².